The van der Waals surface area contributed by atoms with E-state index in [1.807, 2.05) is 4.90 Å². The third kappa shape index (κ3) is 3.10. The number of carbonyl (C=O) groups is 2. The first-order valence-electron chi connectivity index (χ1n) is 5.04. The van der Waals surface area contributed by atoms with Crippen molar-refractivity contribution in [3.8, 4) is 0 Å². The average Bonchev–Trinajstić information content (AvgIpc) is 2.01. The number of rotatable bonds is 3. The summed E-state index contributed by atoms with van der Waals surface area (Å²) in [5.74, 6) is 0.721. The number of hydrogen-bond donors (Lipinski definition) is 1. The molecule has 0 bridgehead atoms. The minimum Gasteiger partial charge on any atom is -0.294 e. The number of amides is 2. The van der Waals surface area contributed by atoms with Gasteiger partial charge in [0.2, 0.25) is 11.8 Å². The van der Waals surface area contributed by atoms with E-state index < -0.39 is 0 Å². The maximum absolute atomic E-state index is 11.1. The van der Waals surface area contributed by atoms with Gasteiger partial charge in [-0.25, -0.2) is 0 Å². The van der Waals surface area contributed by atoms with Gasteiger partial charge >= 0.3 is 0 Å². The van der Waals surface area contributed by atoms with Crippen LogP contribution in [0.2, 0.25) is 0 Å². The molecule has 0 aromatic rings. The number of carbonyl (C=O) groups excluding carboxylic acids is 2. The summed E-state index contributed by atoms with van der Waals surface area (Å²) < 4.78 is 0. The van der Waals surface area contributed by atoms with E-state index in [9.17, 15) is 9.59 Å². The van der Waals surface area contributed by atoms with E-state index in [-0.39, 0.29) is 11.8 Å². The molecule has 1 fully saturated rings. The van der Waals surface area contributed by atoms with E-state index in [1.54, 1.807) is 0 Å². The first kappa shape index (κ1) is 11.2. The third-order valence-electron chi connectivity index (χ3n) is 2.70. The molecular weight excluding hydrogens is 180 g/mol. The number of nitrogens with zero attached hydrogens (tertiary/aromatic N) is 1. The van der Waals surface area contributed by atoms with Crippen LogP contribution in [0.1, 0.15) is 20.8 Å². The molecule has 0 radical (unpaired) electrons. The quantitative estimate of drug-likeness (QED) is 0.661. The van der Waals surface area contributed by atoms with Crippen molar-refractivity contribution in [1.29, 1.82) is 0 Å². The average molecular weight is 198 g/mol. The molecule has 14 heavy (non-hydrogen) atoms. The van der Waals surface area contributed by atoms with Gasteiger partial charge in [0.05, 0.1) is 13.1 Å². The highest BCUT2D eigenvalue weighted by Crippen LogP contribution is 2.11. The molecule has 4 heteroatoms. The van der Waals surface area contributed by atoms with Crippen molar-refractivity contribution in [2.24, 2.45) is 11.8 Å². The van der Waals surface area contributed by atoms with Crippen molar-refractivity contribution in [2.75, 3.05) is 19.6 Å². The molecule has 1 unspecified atom stereocenters. The van der Waals surface area contributed by atoms with Crippen LogP contribution in [-0.4, -0.2) is 36.3 Å². The molecule has 1 N–H and O–H groups in total. The molecule has 1 rings (SSSR count). The number of nitrogens with one attached hydrogen (secondary N) is 1. The molecule has 1 heterocycles. The third-order valence-corrected chi connectivity index (χ3v) is 2.70. The van der Waals surface area contributed by atoms with Crippen LogP contribution in [0.3, 0.4) is 0 Å². The van der Waals surface area contributed by atoms with Crippen LogP contribution in [0.5, 0.6) is 0 Å². The summed E-state index contributed by atoms with van der Waals surface area (Å²) >= 11 is 0. The second-order valence-electron chi connectivity index (χ2n) is 4.36. The summed E-state index contributed by atoms with van der Waals surface area (Å²) in [7, 11) is 0. The minimum atomic E-state index is -0.183. The molecule has 0 saturated carbocycles. The second-order valence-corrected chi connectivity index (χ2v) is 4.36. The first-order valence-corrected chi connectivity index (χ1v) is 5.04. The van der Waals surface area contributed by atoms with Crippen molar-refractivity contribution in [2.45, 2.75) is 20.8 Å². The number of hydrogen-bond acceptors (Lipinski definition) is 3. The van der Waals surface area contributed by atoms with E-state index >= 15 is 0 Å². The lowest BCUT2D eigenvalue weighted by molar-refractivity contribution is -0.136. The fourth-order valence-electron chi connectivity index (χ4n) is 1.44. The van der Waals surface area contributed by atoms with Crippen molar-refractivity contribution in [1.82, 2.24) is 10.2 Å². The summed E-state index contributed by atoms with van der Waals surface area (Å²) in [5.41, 5.74) is 0. The zero-order valence-electron chi connectivity index (χ0n) is 9.04. The predicted octanol–water partition coefficient (Wildman–Crippen LogP) is 0.237. The van der Waals surface area contributed by atoms with Crippen LogP contribution in [-0.2, 0) is 9.59 Å². The van der Waals surface area contributed by atoms with E-state index in [0.29, 0.717) is 24.9 Å². The minimum absolute atomic E-state index is 0.183. The molecule has 1 saturated heterocycles. The maximum Gasteiger partial charge on any atom is 0.240 e. The summed E-state index contributed by atoms with van der Waals surface area (Å²) in [5, 5.41) is 2.29. The number of imide groups is 1. The molecule has 0 aromatic heterocycles. The van der Waals surface area contributed by atoms with E-state index in [0.717, 1.165) is 6.54 Å². The van der Waals surface area contributed by atoms with Gasteiger partial charge in [0.1, 0.15) is 0 Å². The van der Waals surface area contributed by atoms with Crippen LogP contribution >= 0.6 is 0 Å². The Morgan fingerprint density at radius 1 is 1.21 bits per heavy atom. The van der Waals surface area contributed by atoms with Crippen LogP contribution in [0.4, 0.5) is 0 Å². The fourth-order valence-corrected chi connectivity index (χ4v) is 1.44. The van der Waals surface area contributed by atoms with Crippen LogP contribution < -0.4 is 5.32 Å². The van der Waals surface area contributed by atoms with E-state index in [1.165, 1.54) is 0 Å². The zero-order valence-corrected chi connectivity index (χ0v) is 9.04. The second kappa shape index (κ2) is 4.55. The van der Waals surface area contributed by atoms with Gasteiger partial charge in [-0.05, 0) is 11.8 Å². The maximum atomic E-state index is 11.1. The van der Waals surface area contributed by atoms with Gasteiger partial charge < -0.3 is 0 Å². The Hall–Kier alpha value is -0.900. The molecule has 0 spiro atoms. The Bertz CT molecular complexity index is 222. The van der Waals surface area contributed by atoms with E-state index in [4.69, 9.17) is 0 Å². The summed E-state index contributed by atoms with van der Waals surface area (Å²) in [6.45, 7) is 7.96. The summed E-state index contributed by atoms with van der Waals surface area (Å²) in [6, 6.07) is 0. The van der Waals surface area contributed by atoms with Gasteiger partial charge in [-0.3, -0.25) is 19.8 Å². The van der Waals surface area contributed by atoms with Crippen LogP contribution in [0, 0.1) is 11.8 Å². The Labute approximate surface area is 84.7 Å². The Kier molecular flexibility index (Phi) is 3.63. The normalized spacial score (nSPS) is 21.1. The van der Waals surface area contributed by atoms with Gasteiger partial charge in [0.15, 0.2) is 0 Å². The van der Waals surface area contributed by atoms with Gasteiger partial charge in [0.25, 0.3) is 0 Å². The molecule has 1 aliphatic heterocycles. The van der Waals surface area contributed by atoms with Gasteiger partial charge in [-0.15, -0.1) is 0 Å². The van der Waals surface area contributed by atoms with Gasteiger partial charge in [-0.2, -0.15) is 0 Å². The smallest absolute Gasteiger partial charge is 0.240 e. The van der Waals surface area contributed by atoms with Gasteiger partial charge in [-0.1, -0.05) is 20.8 Å². The van der Waals surface area contributed by atoms with Crippen LogP contribution in [0.25, 0.3) is 0 Å². The topological polar surface area (TPSA) is 49.4 Å². The Morgan fingerprint density at radius 3 is 2.14 bits per heavy atom. The monoisotopic (exact) mass is 198 g/mol. The predicted molar refractivity (Wildman–Crippen MR) is 53.6 cm³/mol. The first-order chi connectivity index (χ1) is 6.49. The lowest BCUT2D eigenvalue weighted by Crippen LogP contribution is -2.52. The lowest BCUT2D eigenvalue weighted by atomic mass is 9.97. The standard InChI is InChI=1S/C10H18N2O2/c1-7(2)8(3)4-12-5-9(13)11-10(14)6-12/h7-8H,4-6H2,1-3H3,(H,11,13,14). The molecule has 0 aromatic carbocycles. The Balaban J connectivity index is 2.44. The fraction of sp³-hybridized carbons (Fsp3) is 0.800. The summed E-state index contributed by atoms with van der Waals surface area (Å²) in [6.07, 6.45) is 0. The largest absolute Gasteiger partial charge is 0.294 e. The lowest BCUT2D eigenvalue weighted by Gasteiger charge is -2.29. The van der Waals surface area contributed by atoms with Crippen molar-refractivity contribution < 1.29 is 9.59 Å². The molecule has 4 nitrogen and oxygen atoms in total. The molecule has 1 atom stereocenters. The van der Waals surface area contributed by atoms with Crippen molar-refractivity contribution >= 4 is 11.8 Å². The molecular formula is C10H18N2O2. The number of piperazine rings is 1. The molecule has 80 valence electrons. The van der Waals surface area contributed by atoms with E-state index in [2.05, 4.69) is 26.1 Å². The van der Waals surface area contributed by atoms with Crippen molar-refractivity contribution in [3.63, 3.8) is 0 Å². The van der Waals surface area contributed by atoms with Crippen LogP contribution in [0.15, 0.2) is 0 Å². The Morgan fingerprint density at radius 2 is 1.71 bits per heavy atom. The van der Waals surface area contributed by atoms with Crippen molar-refractivity contribution in [3.05, 3.63) is 0 Å². The highest BCUT2D eigenvalue weighted by molar-refractivity contribution is 5.99. The highest BCUT2D eigenvalue weighted by atomic mass is 16.2. The SMILES string of the molecule is CC(C)C(C)CN1CC(=O)NC(=O)C1. The molecule has 2 amide bonds. The summed E-state index contributed by atoms with van der Waals surface area (Å²) in [4.78, 5) is 24.0. The molecule has 0 aliphatic carbocycles. The highest BCUT2D eigenvalue weighted by Gasteiger charge is 2.23. The zero-order chi connectivity index (χ0) is 10.7. The van der Waals surface area contributed by atoms with Gasteiger partial charge in [0, 0.05) is 6.54 Å². The molecule has 1 aliphatic rings.